The molecule has 0 fully saturated rings. The fourth-order valence-corrected chi connectivity index (χ4v) is 1.17. The summed E-state index contributed by atoms with van der Waals surface area (Å²) in [5.74, 6) is -0.662. The molecule has 0 amide bonds. The molecule has 0 aliphatic rings. The Hall–Kier alpha value is -1.55. The maximum atomic E-state index is 10.8. The van der Waals surface area contributed by atoms with E-state index in [1.807, 2.05) is 6.92 Å². The van der Waals surface area contributed by atoms with Gasteiger partial charge in [0.2, 0.25) is 0 Å². The SMILES string of the molecule is COc1cc([C@H](C)N)ccc1C(=O)O. The van der Waals surface area contributed by atoms with Crippen LogP contribution in [0.15, 0.2) is 18.2 Å². The van der Waals surface area contributed by atoms with Gasteiger partial charge in [0.15, 0.2) is 0 Å². The molecule has 3 N–H and O–H groups in total. The average molecular weight is 195 g/mol. The molecule has 1 aromatic rings. The van der Waals surface area contributed by atoms with Crippen LogP contribution in [-0.4, -0.2) is 18.2 Å². The van der Waals surface area contributed by atoms with Crippen LogP contribution in [-0.2, 0) is 0 Å². The molecule has 0 aliphatic heterocycles. The van der Waals surface area contributed by atoms with E-state index in [2.05, 4.69) is 0 Å². The molecular weight excluding hydrogens is 182 g/mol. The molecule has 1 aromatic carbocycles. The van der Waals surface area contributed by atoms with E-state index in [1.165, 1.54) is 13.2 Å². The van der Waals surface area contributed by atoms with Crippen LogP contribution < -0.4 is 10.5 Å². The highest BCUT2D eigenvalue weighted by atomic mass is 16.5. The first kappa shape index (κ1) is 10.5. The summed E-state index contributed by atoms with van der Waals surface area (Å²) >= 11 is 0. The van der Waals surface area contributed by atoms with E-state index in [-0.39, 0.29) is 11.6 Å². The van der Waals surface area contributed by atoms with Crippen LogP contribution in [0.5, 0.6) is 5.75 Å². The van der Waals surface area contributed by atoms with Gasteiger partial charge in [-0.05, 0) is 24.6 Å². The Kier molecular flexibility index (Phi) is 3.09. The number of aromatic carboxylic acids is 1. The fraction of sp³-hybridized carbons (Fsp3) is 0.300. The predicted octanol–water partition coefficient (Wildman–Crippen LogP) is 1.41. The summed E-state index contributed by atoms with van der Waals surface area (Å²) in [6.45, 7) is 1.83. The highest BCUT2D eigenvalue weighted by molar-refractivity contribution is 5.91. The second-order valence-electron chi connectivity index (χ2n) is 3.05. The molecule has 76 valence electrons. The third-order valence-electron chi connectivity index (χ3n) is 1.98. The summed E-state index contributed by atoms with van der Waals surface area (Å²) in [6.07, 6.45) is 0. The second-order valence-corrected chi connectivity index (χ2v) is 3.05. The summed E-state index contributed by atoms with van der Waals surface area (Å²) in [6, 6.07) is 4.71. The zero-order valence-corrected chi connectivity index (χ0v) is 8.15. The Morgan fingerprint density at radius 3 is 2.64 bits per heavy atom. The van der Waals surface area contributed by atoms with Crippen molar-refractivity contribution in [3.05, 3.63) is 29.3 Å². The van der Waals surface area contributed by atoms with Crippen LogP contribution in [0.1, 0.15) is 28.9 Å². The number of hydrogen-bond acceptors (Lipinski definition) is 3. The van der Waals surface area contributed by atoms with Crippen molar-refractivity contribution >= 4 is 5.97 Å². The quantitative estimate of drug-likeness (QED) is 0.764. The highest BCUT2D eigenvalue weighted by Gasteiger charge is 2.12. The van der Waals surface area contributed by atoms with Gasteiger partial charge in [0.1, 0.15) is 11.3 Å². The van der Waals surface area contributed by atoms with Crippen molar-refractivity contribution in [3.63, 3.8) is 0 Å². The number of carbonyl (C=O) groups is 1. The zero-order valence-electron chi connectivity index (χ0n) is 8.15. The molecule has 4 nitrogen and oxygen atoms in total. The van der Waals surface area contributed by atoms with Crippen LogP contribution in [0.25, 0.3) is 0 Å². The monoisotopic (exact) mass is 195 g/mol. The minimum atomic E-state index is -1.00. The van der Waals surface area contributed by atoms with E-state index in [1.54, 1.807) is 12.1 Å². The Morgan fingerprint density at radius 2 is 2.21 bits per heavy atom. The Labute approximate surface area is 82.3 Å². The lowest BCUT2D eigenvalue weighted by Crippen LogP contribution is -2.07. The fourth-order valence-electron chi connectivity index (χ4n) is 1.17. The van der Waals surface area contributed by atoms with Crippen molar-refractivity contribution in [2.24, 2.45) is 5.73 Å². The largest absolute Gasteiger partial charge is 0.496 e. The molecule has 0 radical (unpaired) electrons. The van der Waals surface area contributed by atoms with Crippen molar-refractivity contribution in [2.45, 2.75) is 13.0 Å². The molecule has 0 saturated heterocycles. The number of carboxylic acid groups (broad SMARTS) is 1. The van der Waals surface area contributed by atoms with E-state index in [9.17, 15) is 4.79 Å². The molecule has 0 spiro atoms. The lowest BCUT2D eigenvalue weighted by Gasteiger charge is -2.09. The van der Waals surface area contributed by atoms with E-state index in [0.29, 0.717) is 5.75 Å². The number of methoxy groups -OCH3 is 1. The first-order chi connectivity index (χ1) is 6.56. The molecule has 14 heavy (non-hydrogen) atoms. The molecule has 1 rings (SSSR count). The van der Waals surface area contributed by atoms with Crippen molar-refractivity contribution < 1.29 is 14.6 Å². The maximum absolute atomic E-state index is 10.8. The number of benzene rings is 1. The van der Waals surface area contributed by atoms with Gasteiger partial charge in [-0.2, -0.15) is 0 Å². The molecule has 0 saturated carbocycles. The maximum Gasteiger partial charge on any atom is 0.339 e. The van der Waals surface area contributed by atoms with Gasteiger partial charge in [-0.1, -0.05) is 6.07 Å². The Balaban J connectivity index is 3.18. The molecule has 0 aromatic heterocycles. The molecule has 4 heteroatoms. The van der Waals surface area contributed by atoms with Crippen molar-refractivity contribution in [1.82, 2.24) is 0 Å². The highest BCUT2D eigenvalue weighted by Crippen LogP contribution is 2.22. The van der Waals surface area contributed by atoms with E-state index >= 15 is 0 Å². The van der Waals surface area contributed by atoms with Crippen LogP contribution >= 0.6 is 0 Å². The number of ether oxygens (including phenoxy) is 1. The van der Waals surface area contributed by atoms with Gasteiger partial charge in [0.05, 0.1) is 7.11 Å². The lowest BCUT2D eigenvalue weighted by atomic mass is 10.1. The van der Waals surface area contributed by atoms with Gasteiger partial charge in [-0.25, -0.2) is 4.79 Å². The first-order valence-electron chi connectivity index (χ1n) is 4.23. The van der Waals surface area contributed by atoms with Crippen LogP contribution in [0, 0.1) is 0 Å². The number of nitrogens with two attached hydrogens (primary N) is 1. The summed E-state index contributed by atoms with van der Waals surface area (Å²) < 4.78 is 4.96. The minimum absolute atomic E-state index is 0.133. The van der Waals surface area contributed by atoms with Crippen LogP contribution in [0.4, 0.5) is 0 Å². The lowest BCUT2D eigenvalue weighted by molar-refractivity contribution is 0.0693. The van der Waals surface area contributed by atoms with Crippen molar-refractivity contribution in [1.29, 1.82) is 0 Å². The van der Waals surface area contributed by atoms with E-state index in [4.69, 9.17) is 15.6 Å². The van der Waals surface area contributed by atoms with Crippen LogP contribution in [0.3, 0.4) is 0 Å². The van der Waals surface area contributed by atoms with Gasteiger partial charge >= 0.3 is 5.97 Å². The van der Waals surface area contributed by atoms with Crippen LogP contribution in [0.2, 0.25) is 0 Å². The molecule has 0 aliphatic carbocycles. The number of rotatable bonds is 3. The Bertz CT molecular complexity index is 347. The summed E-state index contributed by atoms with van der Waals surface area (Å²) in [7, 11) is 1.44. The summed E-state index contributed by atoms with van der Waals surface area (Å²) in [5.41, 5.74) is 6.66. The van der Waals surface area contributed by atoms with Gasteiger partial charge < -0.3 is 15.6 Å². The molecule has 1 atom stereocenters. The predicted molar refractivity (Wildman–Crippen MR) is 52.6 cm³/mol. The topological polar surface area (TPSA) is 72.5 Å². The van der Waals surface area contributed by atoms with E-state index < -0.39 is 5.97 Å². The second kappa shape index (κ2) is 4.11. The summed E-state index contributed by atoms with van der Waals surface area (Å²) in [5, 5.41) is 8.82. The minimum Gasteiger partial charge on any atom is -0.496 e. The smallest absolute Gasteiger partial charge is 0.339 e. The summed E-state index contributed by atoms with van der Waals surface area (Å²) in [4.78, 5) is 10.8. The molecule has 0 bridgehead atoms. The van der Waals surface area contributed by atoms with Gasteiger partial charge in [0, 0.05) is 6.04 Å². The Morgan fingerprint density at radius 1 is 1.57 bits per heavy atom. The number of carboxylic acids is 1. The van der Waals surface area contributed by atoms with Gasteiger partial charge in [-0.3, -0.25) is 0 Å². The molecule has 0 unspecified atom stereocenters. The van der Waals surface area contributed by atoms with Crippen molar-refractivity contribution in [2.75, 3.05) is 7.11 Å². The standard InChI is InChI=1S/C10H13NO3/c1-6(11)7-3-4-8(10(12)13)9(5-7)14-2/h3-6H,11H2,1-2H3,(H,12,13)/t6-/m0/s1. The first-order valence-corrected chi connectivity index (χ1v) is 4.23. The van der Waals surface area contributed by atoms with Crippen molar-refractivity contribution in [3.8, 4) is 5.75 Å². The number of hydrogen-bond donors (Lipinski definition) is 2. The zero-order chi connectivity index (χ0) is 10.7. The molecule has 0 heterocycles. The van der Waals surface area contributed by atoms with Gasteiger partial charge in [-0.15, -0.1) is 0 Å². The van der Waals surface area contributed by atoms with Gasteiger partial charge in [0.25, 0.3) is 0 Å². The molecular formula is C10H13NO3. The third-order valence-corrected chi connectivity index (χ3v) is 1.98. The normalized spacial score (nSPS) is 12.2. The average Bonchev–Trinajstić information content (AvgIpc) is 2.16. The van der Waals surface area contributed by atoms with E-state index in [0.717, 1.165) is 5.56 Å². The third kappa shape index (κ3) is 2.03.